The minimum atomic E-state index is -4.40. The summed E-state index contributed by atoms with van der Waals surface area (Å²) in [5, 5.41) is 14.6. The zero-order chi connectivity index (χ0) is 17.2. The Morgan fingerprint density at radius 2 is 1.87 bits per heavy atom. The molecule has 0 fully saturated rings. The first-order valence-electron chi connectivity index (χ1n) is 6.04. The molecule has 1 amide bonds. The number of benzene rings is 1. The first-order chi connectivity index (χ1) is 10.7. The summed E-state index contributed by atoms with van der Waals surface area (Å²) < 4.78 is 41.3. The van der Waals surface area contributed by atoms with E-state index in [1.165, 1.54) is 31.2 Å². The molecule has 0 aliphatic carbocycles. The molecule has 0 aliphatic rings. The third kappa shape index (κ3) is 4.25. The smallest absolute Gasteiger partial charge is 0.446 e. The van der Waals surface area contributed by atoms with Crippen LogP contribution in [0.15, 0.2) is 33.7 Å². The first kappa shape index (κ1) is 16.9. The lowest BCUT2D eigenvalue weighted by Crippen LogP contribution is -2.16. The SMILES string of the molecule is Cc1onc(C(=O)O)c1C(=O)Nc1ccc(SC(F)(F)F)cc1. The zero-order valence-electron chi connectivity index (χ0n) is 11.5. The Labute approximate surface area is 131 Å². The third-order valence-electron chi connectivity index (χ3n) is 2.64. The van der Waals surface area contributed by atoms with Gasteiger partial charge in [0.05, 0.1) is 0 Å². The van der Waals surface area contributed by atoms with E-state index < -0.39 is 23.1 Å². The number of aromatic carboxylic acids is 1. The molecule has 0 radical (unpaired) electrons. The van der Waals surface area contributed by atoms with Crippen molar-refractivity contribution in [1.82, 2.24) is 5.16 Å². The predicted molar refractivity (Wildman–Crippen MR) is 74.5 cm³/mol. The van der Waals surface area contributed by atoms with Crippen LogP contribution in [0.1, 0.15) is 26.6 Å². The van der Waals surface area contributed by atoms with E-state index in [9.17, 15) is 22.8 Å². The van der Waals surface area contributed by atoms with Crippen LogP contribution in [-0.4, -0.2) is 27.6 Å². The van der Waals surface area contributed by atoms with E-state index in [4.69, 9.17) is 5.11 Å². The Kier molecular flexibility index (Phi) is 4.64. The number of hydrogen-bond acceptors (Lipinski definition) is 5. The maximum Gasteiger partial charge on any atom is 0.446 e. The van der Waals surface area contributed by atoms with Crippen molar-refractivity contribution >= 4 is 29.3 Å². The number of rotatable bonds is 4. The summed E-state index contributed by atoms with van der Waals surface area (Å²) in [4.78, 5) is 23.0. The average Bonchev–Trinajstić information content (AvgIpc) is 2.81. The molecule has 2 aromatic rings. The van der Waals surface area contributed by atoms with Gasteiger partial charge in [0.2, 0.25) is 5.69 Å². The lowest BCUT2D eigenvalue weighted by Gasteiger charge is -2.07. The van der Waals surface area contributed by atoms with Crippen LogP contribution in [0.2, 0.25) is 0 Å². The molecule has 122 valence electrons. The van der Waals surface area contributed by atoms with Gasteiger partial charge in [0, 0.05) is 10.6 Å². The van der Waals surface area contributed by atoms with Crippen LogP contribution in [0, 0.1) is 6.92 Å². The summed E-state index contributed by atoms with van der Waals surface area (Å²) in [6, 6.07) is 4.92. The number of carboxylic acid groups (broad SMARTS) is 1. The van der Waals surface area contributed by atoms with Crippen LogP contribution in [0.3, 0.4) is 0 Å². The van der Waals surface area contributed by atoms with Crippen LogP contribution in [0.25, 0.3) is 0 Å². The monoisotopic (exact) mass is 346 g/mol. The molecule has 0 atom stereocenters. The summed E-state index contributed by atoms with van der Waals surface area (Å²) in [5.74, 6) is -2.19. The number of aromatic nitrogens is 1. The molecule has 23 heavy (non-hydrogen) atoms. The van der Waals surface area contributed by atoms with Crippen molar-refractivity contribution in [2.75, 3.05) is 5.32 Å². The molecule has 0 spiro atoms. The first-order valence-corrected chi connectivity index (χ1v) is 6.86. The molecule has 0 aliphatic heterocycles. The minimum absolute atomic E-state index is 0.0177. The molecule has 0 bridgehead atoms. The molecule has 0 unspecified atom stereocenters. The third-order valence-corrected chi connectivity index (χ3v) is 3.38. The molecule has 1 heterocycles. The number of carbonyl (C=O) groups excluding carboxylic acids is 1. The second kappa shape index (κ2) is 6.32. The summed E-state index contributed by atoms with van der Waals surface area (Å²) >= 11 is -0.281. The van der Waals surface area contributed by atoms with Crippen molar-refractivity contribution in [3.63, 3.8) is 0 Å². The van der Waals surface area contributed by atoms with Crippen molar-refractivity contribution in [2.45, 2.75) is 17.3 Å². The lowest BCUT2D eigenvalue weighted by atomic mass is 10.1. The van der Waals surface area contributed by atoms with Gasteiger partial charge in [0.15, 0.2) is 0 Å². The second-order valence-corrected chi connectivity index (χ2v) is 5.43. The Bertz CT molecular complexity index is 741. The fraction of sp³-hybridized carbons (Fsp3) is 0.154. The standard InChI is InChI=1S/C13H9F3N2O4S/c1-6-9(10(12(20)21)18-22-6)11(19)17-7-2-4-8(5-3-7)23-13(14,15)16/h2-5H,1H3,(H,17,19)(H,20,21). The molecule has 0 saturated heterocycles. The number of nitrogens with zero attached hydrogens (tertiary/aromatic N) is 1. The molecule has 2 rings (SSSR count). The number of anilines is 1. The highest BCUT2D eigenvalue weighted by Gasteiger charge is 2.29. The van der Waals surface area contributed by atoms with E-state index >= 15 is 0 Å². The quantitative estimate of drug-likeness (QED) is 0.823. The average molecular weight is 346 g/mol. The fourth-order valence-electron chi connectivity index (χ4n) is 1.72. The molecule has 1 aromatic carbocycles. The minimum Gasteiger partial charge on any atom is -0.476 e. The lowest BCUT2D eigenvalue weighted by molar-refractivity contribution is -0.0328. The molecular weight excluding hydrogens is 337 g/mol. The van der Waals surface area contributed by atoms with E-state index in [0.29, 0.717) is 0 Å². The van der Waals surface area contributed by atoms with Gasteiger partial charge in [-0.2, -0.15) is 13.2 Å². The molecule has 0 saturated carbocycles. The highest BCUT2D eigenvalue weighted by molar-refractivity contribution is 8.00. The maximum absolute atomic E-state index is 12.2. The van der Waals surface area contributed by atoms with Crippen molar-refractivity contribution in [1.29, 1.82) is 0 Å². The van der Waals surface area contributed by atoms with Crippen molar-refractivity contribution < 1.29 is 32.4 Å². The van der Waals surface area contributed by atoms with E-state index in [0.717, 1.165) is 0 Å². The largest absolute Gasteiger partial charge is 0.476 e. The Morgan fingerprint density at radius 3 is 2.39 bits per heavy atom. The van der Waals surface area contributed by atoms with E-state index in [1.807, 2.05) is 0 Å². The van der Waals surface area contributed by atoms with Gasteiger partial charge < -0.3 is 14.9 Å². The Balaban J connectivity index is 2.15. The highest BCUT2D eigenvalue weighted by Crippen LogP contribution is 2.37. The molecular formula is C13H9F3N2O4S. The number of nitrogens with one attached hydrogen (secondary N) is 1. The number of hydrogen-bond donors (Lipinski definition) is 2. The van der Waals surface area contributed by atoms with E-state index in [-0.39, 0.29) is 33.7 Å². The highest BCUT2D eigenvalue weighted by atomic mass is 32.2. The molecule has 1 aromatic heterocycles. The number of halogens is 3. The van der Waals surface area contributed by atoms with E-state index in [1.54, 1.807) is 0 Å². The summed E-state index contributed by atoms with van der Waals surface area (Å²) in [6.07, 6.45) is 0. The topological polar surface area (TPSA) is 92.4 Å². The van der Waals surface area contributed by atoms with Crippen molar-refractivity contribution in [2.24, 2.45) is 0 Å². The van der Waals surface area contributed by atoms with Crippen LogP contribution < -0.4 is 5.32 Å². The van der Waals surface area contributed by atoms with Gasteiger partial charge in [-0.1, -0.05) is 5.16 Å². The number of alkyl halides is 3. The van der Waals surface area contributed by atoms with Gasteiger partial charge in [-0.3, -0.25) is 4.79 Å². The summed E-state index contributed by atoms with van der Waals surface area (Å²) in [5.41, 5.74) is -4.98. The summed E-state index contributed by atoms with van der Waals surface area (Å²) in [6.45, 7) is 1.37. The zero-order valence-corrected chi connectivity index (χ0v) is 12.3. The van der Waals surface area contributed by atoms with Crippen molar-refractivity contribution in [3.05, 3.63) is 41.3 Å². The van der Waals surface area contributed by atoms with Gasteiger partial charge in [-0.25, -0.2) is 4.79 Å². The van der Waals surface area contributed by atoms with Gasteiger partial charge in [-0.05, 0) is 43.0 Å². The normalized spacial score (nSPS) is 11.3. The van der Waals surface area contributed by atoms with Gasteiger partial charge >= 0.3 is 11.5 Å². The number of carbonyl (C=O) groups is 2. The number of amides is 1. The van der Waals surface area contributed by atoms with Crippen molar-refractivity contribution in [3.8, 4) is 0 Å². The number of thioether (sulfide) groups is 1. The van der Waals surface area contributed by atoms with Crippen LogP contribution in [-0.2, 0) is 0 Å². The second-order valence-electron chi connectivity index (χ2n) is 4.29. The van der Waals surface area contributed by atoms with Crippen LogP contribution >= 0.6 is 11.8 Å². The van der Waals surface area contributed by atoms with Gasteiger partial charge in [0.25, 0.3) is 5.91 Å². The number of aryl methyl sites for hydroxylation is 1. The molecule has 10 heteroatoms. The van der Waals surface area contributed by atoms with Crippen LogP contribution in [0.5, 0.6) is 0 Å². The summed E-state index contributed by atoms with van der Waals surface area (Å²) in [7, 11) is 0. The Morgan fingerprint density at radius 1 is 1.26 bits per heavy atom. The van der Waals surface area contributed by atoms with Gasteiger partial charge in [0.1, 0.15) is 11.3 Å². The number of carboxylic acids is 1. The van der Waals surface area contributed by atoms with Gasteiger partial charge in [-0.15, -0.1) is 0 Å². The fourth-order valence-corrected chi connectivity index (χ4v) is 2.26. The molecule has 6 nitrogen and oxygen atoms in total. The predicted octanol–water partition coefficient (Wildman–Crippen LogP) is 3.55. The maximum atomic E-state index is 12.2. The molecule has 2 N–H and O–H groups in total. The Hall–Kier alpha value is -2.49. The van der Waals surface area contributed by atoms with E-state index in [2.05, 4.69) is 15.0 Å². The van der Waals surface area contributed by atoms with Crippen LogP contribution in [0.4, 0.5) is 18.9 Å².